The number of carbonyl (C=O) groups is 2. The summed E-state index contributed by atoms with van der Waals surface area (Å²) in [4.78, 5) is 47.0. The smallest absolute Gasteiger partial charge is 0.304 e. The molecule has 6 aromatic rings. The van der Waals surface area contributed by atoms with Crippen molar-refractivity contribution in [2.75, 3.05) is 29.5 Å². The largest absolute Gasteiger partial charge is 0.423 e. The number of nitrogens with zero attached hydrogens (tertiary/aromatic N) is 7. The zero-order chi connectivity index (χ0) is 33.3. The minimum atomic E-state index is -1.08. The topological polar surface area (TPSA) is 148 Å². The van der Waals surface area contributed by atoms with Gasteiger partial charge < -0.3 is 23.1 Å². The van der Waals surface area contributed by atoms with Gasteiger partial charge in [-0.05, 0) is 55.3 Å². The van der Waals surface area contributed by atoms with Crippen LogP contribution in [-0.2, 0) is 21.1 Å². The highest BCUT2D eigenvalue weighted by Gasteiger charge is 2.27. The molecule has 0 saturated carbocycles. The van der Waals surface area contributed by atoms with Crippen LogP contribution in [0, 0.1) is 0 Å². The summed E-state index contributed by atoms with van der Waals surface area (Å²) in [7, 11) is -1.08. The average Bonchev–Trinajstić information content (AvgIpc) is 3.91. The van der Waals surface area contributed by atoms with Crippen molar-refractivity contribution < 1.29 is 23.2 Å². The molecule has 1 N–H and O–H groups in total. The first-order valence-corrected chi connectivity index (χ1v) is 19.9. The normalized spacial score (nSPS) is 15.2. The summed E-state index contributed by atoms with van der Waals surface area (Å²) < 4.78 is 19.4. The van der Waals surface area contributed by atoms with Gasteiger partial charge in [0.1, 0.15) is 6.73 Å². The monoisotopic (exact) mass is 666 g/mol. The number of ether oxygens (including phenoxy) is 1. The standard InChI is InChI=1S/C20H26N4O3Si.C14H12N4O2/c1-28(2,3)10-9-26-14-23-13-22-16-11-15(6-7-17(16)23)18-12-21-20(27-18)24-8-4-5-19(24)25;19-13-2-1-5-18(13)14-15-7-12(20-14)9-3-4-10-11(6-9)17-8-16-10/h6-7,11-13H,4-5,8-10,14H2,1-3H3;3-4,6-8H,1-2,5H2,(H,16,17). The molecule has 0 atom stereocenters. The highest BCUT2D eigenvalue weighted by Crippen LogP contribution is 2.30. The SMILES string of the molecule is C[Si](C)(C)CCOCn1cnc2cc(-c3cnc(N4CCCC4=O)o3)ccc21.O=C1CCCN1c1ncc(-c2ccc3[nH]cnc3c2)o1. The summed E-state index contributed by atoms with van der Waals surface area (Å²) in [6.07, 6.45) is 9.60. The van der Waals surface area contributed by atoms with Crippen LogP contribution in [0.5, 0.6) is 0 Å². The van der Waals surface area contributed by atoms with E-state index in [2.05, 4.69) is 44.6 Å². The molecule has 2 aliphatic heterocycles. The molecular formula is C34H38N8O5Si. The van der Waals surface area contributed by atoms with E-state index in [0.717, 1.165) is 58.7 Å². The molecule has 0 spiro atoms. The van der Waals surface area contributed by atoms with E-state index in [1.807, 2.05) is 41.0 Å². The molecule has 0 unspecified atom stereocenters. The van der Waals surface area contributed by atoms with E-state index >= 15 is 0 Å². The van der Waals surface area contributed by atoms with Crippen LogP contribution < -0.4 is 9.80 Å². The molecule has 2 aromatic carbocycles. The number of amides is 2. The Morgan fingerprint density at radius 1 is 0.812 bits per heavy atom. The van der Waals surface area contributed by atoms with E-state index in [9.17, 15) is 9.59 Å². The highest BCUT2D eigenvalue weighted by atomic mass is 28.3. The van der Waals surface area contributed by atoms with Crippen LogP contribution in [0.2, 0.25) is 25.7 Å². The van der Waals surface area contributed by atoms with Gasteiger partial charge in [0.15, 0.2) is 11.5 Å². The lowest BCUT2D eigenvalue weighted by Gasteiger charge is -2.15. The van der Waals surface area contributed by atoms with Crippen molar-refractivity contribution in [1.82, 2.24) is 29.5 Å². The van der Waals surface area contributed by atoms with Crippen molar-refractivity contribution >= 4 is 54.0 Å². The van der Waals surface area contributed by atoms with Crippen molar-refractivity contribution in [1.29, 1.82) is 0 Å². The Morgan fingerprint density at radius 3 is 2.04 bits per heavy atom. The molecule has 0 aliphatic carbocycles. The average molecular weight is 667 g/mol. The third-order valence-electron chi connectivity index (χ3n) is 8.43. The molecule has 2 saturated heterocycles. The summed E-state index contributed by atoms with van der Waals surface area (Å²) in [5, 5.41) is 0. The Labute approximate surface area is 278 Å². The molecule has 0 radical (unpaired) electrons. The molecule has 2 aliphatic rings. The van der Waals surface area contributed by atoms with Crippen LogP contribution in [-0.4, -0.2) is 69.1 Å². The number of carbonyl (C=O) groups excluding carboxylic acids is 2. The quantitative estimate of drug-likeness (QED) is 0.135. The van der Waals surface area contributed by atoms with E-state index in [4.69, 9.17) is 13.6 Å². The van der Waals surface area contributed by atoms with Crippen molar-refractivity contribution in [2.45, 2.75) is 58.1 Å². The molecule has 4 aromatic heterocycles. The summed E-state index contributed by atoms with van der Waals surface area (Å²) in [5.41, 5.74) is 5.53. The Balaban J connectivity index is 0.000000160. The number of aromatic nitrogens is 6. The second-order valence-corrected chi connectivity index (χ2v) is 18.8. The Bertz CT molecular complexity index is 2070. The fraction of sp³-hybridized carbons (Fsp3) is 0.353. The molecule has 48 heavy (non-hydrogen) atoms. The number of benzene rings is 2. The molecule has 14 heteroatoms. The van der Waals surface area contributed by atoms with Crippen LogP contribution in [0.25, 0.3) is 44.7 Å². The third kappa shape index (κ3) is 6.80. The Kier molecular flexibility index (Phi) is 8.67. The fourth-order valence-electron chi connectivity index (χ4n) is 5.69. The predicted octanol–water partition coefficient (Wildman–Crippen LogP) is 6.48. The van der Waals surface area contributed by atoms with E-state index in [0.29, 0.717) is 56.2 Å². The van der Waals surface area contributed by atoms with Gasteiger partial charge in [-0.3, -0.25) is 19.4 Å². The van der Waals surface area contributed by atoms with Crippen molar-refractivity contribution in [3.63, 3.8) is 0 Å². The maximum absolute atomic E-state index is 11.9. The van der Waals surface area contributed by atoms with E-state index in [1.54, 1.807) is 34.8 Å². The van der Waals surface area contributed by atoms with Crippen LogP contribution >= 0.6 is 0 Å². The third-order valence-corrected chi connectivity index (χ3v) is 10.1. The molecule has 2 fully saturated rings. The molecule has 6 heterocycles. The lowest BCUT2D eigenvalue weighted by atomic mass is 10.1. The Hall–Kier alpha value is -5.08. The number of fused-ring (bicyclic) bond motifs is 2. The molecule has 13 nitrogen and oxygen atoms in total. The molecular weight excluding hydrogens is 629 g/mol. The Morgan fingerprint density at radius 2 is 1.44 bits per heavy atom. The summed E-state index contributed by atoms with van der Waals surface area (Å²) in [5.74, 6) is 1.42. The first-order chi connectivity index (χ1) is 23.2. The van der Waals surface area contributed by atoms with Gasteiger partial charge in [0.05, 0.1) is 47.1 Å². The molecule has 0 bridgehead atoms. The minimum absolute atomic E-state index is 0.0664. The first kappa shape index (κ1) is 31.5. The van der Waals surface area contributed by atoms with Gasteiger partial charge in [-0.25, -0.2) is 19.9 Å². The number of aromatic amines is 1. The van der Waals surface area contributed by atoms with Gasteiger partial charge in [-0.1, -0.05) is 19.6 Å². The fourth-order valence-corrected chi connectivity index (χ4v) is 6.45. The van der Waals surface area contributed by atoms with E-state index in [-0.39, 0.29) is 11.8 Å². The number of anilines is 2. The molecule has 8 rings (SSSR count). The van der Waals surface area contributed by atoms with Gasteiger partial charge in [-0.2, -0.15) is 0 Å². The first-order valence-electron chi connectivity index (χ1n) is 16.2. The minimum Gasteiger partial charge on any atom is -0.423 e. The van der Waals surface area contributed by atoms with Crippen LogP contribution in [0.4, 0.5) is 12.0 Å². The van der Waals surface area contributed by atoms with E-state index in [1.165, 1.54) is 0 Å². The van der Waals surface area contributed by atoms with Crippen LogP contribution in [0.15, 0.2) is 70.3 Å². The maximum atomic E-state index is 11.9. The number of imidazole rings is 2. The highest BCUT2D eigenvalue weighted by molar-refractivity contribution is 6.76. The number of H-pyrrole nitrogens is 1. The lowest BCUT2D eigenvalue weighted by Crippen LogP contribution is -2.23. The number of rotatable bonds is 9. The maximum Gasteiger partial charge on any atom is 0.304 e. The number of oxazole rings is 2. The summed E-state index contributed by atoms with van der Waals surface area (Å²) in [6.45, 7) is 9.67. The summed E-state index contributed by atoms with van der Waals surface area (Å²) >= 11 is 0. The van der Waals surface area contributed by atoms with E-state index < -0.39 is 8.07 Å². The number of hydrogen-bond acceptors (Lipinski definition) is 9. The van der Waals surface area contributed by atoms with Gasteiger partial charge in [-0.15, -0.1) is 0 Å². The van der Waals surface area contributed by atoms with Crippen molar-refractivity contribution in [3.05, 3.63) is 61.4 Å². The van der Waals surface area contributed by atoms with Gasteiger partial charge in [0, 0.05) is 51.7 Å². The predicted molar refractivity (Wildman–Crippen MR) is 184 cm³/mol. The zero-order valence-corrected chi connectivity index (χ0v) is 28.3. The number of nitrogens with one attached hydrogen (secondary N) is 1. The van der Waals surface area contributed by atoms with Gasteiger partial charge in [0.25, 0.3) is 0 Å². The second kappa shape index (κ2) is 13.2. The molecule has 2 amide bonds. The van der Waals surface area contributed by atoms with Crippen molar-refractivity contribution in [2.24, 2.45) is 0 Å². The lowest BCUT2D eigenvalue weighted by molar-refractivity contribution is -0.118. The number of hydrogen-bond donors (Lipinski definition) is 1. The molecule has 248 valence electrons. The van der Waals surface area contributed by atoms with Crippen LogP contribution in [0.3, 0.4) is 0 Å². The summed E-state index contributed by atoms with van der Waals surface area (Å²) in [6, 6.07) is 13.7. The van der Waals surface area contributed by atoms with Crippen LogP contribution in [0.1, 0.15) is 25.7 Å². The van der Waals surface area contributed by atoms with Gasteiger partial charge in [0.2, 0.25) is 11.8 Å². The zero-order valence-electron chi connectivity index (χ0n) is 27.3. The van der Waals surface area contributed by atoms with Crippen molar-refractivity contribution in [3.8, 4) is 22.6 Å². The van der Waals surface area contributed by atoms with Gasteiger partial charge >= 0.3 is 12.0 Å². The second-order valence-electron chi connectivity index (χ2n) is 13.2.